The fourth-order valence-electron chi connectivity index (χ4n) is 6.13. The molecule has 1 saturated carbocycles. The van der Waals surface area contributed by atoms with Crippen molar-refractivity contribution in [2.24, 2.45) is 0 Å². The quantitative estimate of drug-likeness (QED) is 0.509. The molecule has 1 saturated heterocycles. The van der Waals surface area contributed by atoms with Gasteiger partial charge in [-0.2, -0.15) is 0 Å². The van der Waals surface area contributed by atoms with E-state index in [0.717, 1.165) is 30.4 Å². The normalized spacial score (nSPS) is 24.1. The lowest BCUT2D eigenvalue weighted by Gasteiger charge is -2.54. The lowest BCUT2D eigenvalue weighted by Crippen LogP contribution is -2.68. The van der Waals surface area contributed by atoms with Crippen molar-refractivity contribution in [1.29, 1.82) is 0 Å². The van der Waals surface area contributed by atoms with Gasteiger partial charge in [0.2, 0.25) is 5.91 Å². The average Bonchev–Trinajstić information content (AvgIpc) is 3.27. The Balaban J connectivity index is 1.57. The van der Waals surface area contributed by atoms with E-state index in [1.165, 1.54) is 6.20 Å². The molecule has 2 aromatic rings. The molecule has 1 unspecified atom stereocenters. The second-order valence-electron chi connectivity index (χ2n) is 12.6. The Morgan fingerprint density at radius 2 is 1.82 bits per heavy atom. The highest BCUT2D eigenvalue weighted by atomic mass is 32.2. The van der Waals surface area contributed by atoms with Gasteiger partial charge in [-0.1, -0.05) is 43.2 Å². The molecule has 0 bridgehead atoms. The van der Waals surface area contributed by atoms with Gasteiger partial charge in [-0.3, -0.25) is 19.5 Å². The molecule has 3 atom stereocenters. The number of hydrogen-bond acceptors (Lipinski definition) is 6. The number of benzene rings is 1. The van der Waals surface area contributed by atoms with Gasteiger partial charge < -0.3 is 10.2 Å². The van der Waals surface area contributed by atoms with Crippen molar-refractivity contribution >= 4 is 21.7 Å². The number of sulfone groups is 1. The van der Waals surface area contributed by atoms with E-state index in [0.29, 0.717) is 24.9 Å². The zero-order valence-electron chi connectivity index (χ0n) is 24.7. The maximum atomic E-state index is 13.8. The SMILES string of the molecule is CC(C)N(C)[C@]1(CS(=O)(=O)C(C)(C)C)CCCC[C@@H]1N1CCC(NC(=O)c2cncc(-c3ccccc3)c2)C1=O. The second-order valence-corrected chi connectivity index (χ2v) is 15.4. The number of pyridine rings is 1. The molecule has 0 radical (unpaired) electrons. The third kappa shape index (κ3) is 5.96. The molecule has 2 aliphatic rings. The van der Waals surface area contributed by atoms with E-state index < -0.39 is 26.2 Å². The summed E-state index contributed by atoms with van der Waals surface area (Å²) in [5.41, 5.74) is 1.49. The molecule has 9 heteroatoms. The minimum absolute atomic E-state index is 0.00159. The van der Waals surface area contributed by atoms with Crippen molar-refractivity contribution in [3.8, 4) is 11.1 Å². The van der Waals surface area contributed by atoms with Crippen molar-refractivity contribution in [2.75, 3.05) is 19.3 Å². The van der Waals surface area contributed by atoms with Gasteiger partial charge in [0.1, 0.15) is 6.04 Å². The Kier molecular flexibility index (Phi) is 8.76. The first-order chi connectivity index (χ1) is 18.8. The Morgan fingerprint density at radius 1 is 1.12 bits per heavy atom. The topological polar surface area (TPSA) is 99.7 Å². The fourth-order valence-corrected chi connectivity index (χ4v) is 7.76. The van der Waals surface area contributed by atoms with Gasteiger partial charge in [0.15, 0.2) is 9.84 Å². The van der Waals surface area contributed by atoms with Crippen LogP contribution in [0.4, 0.5) is 0 Å². The molecule has 8 nitrogen and oxygen atoms in total. The van der Waals surface area contributed by atoms with Crippen LogP contribution in [-0.4, -0.2) is 82.8 Å². The van der Waals surface area contributed by atoms with E-state index in [1.807, 2.05) is 42.3 Å². The van der Waals surface area contributed by atoms with Crippen LogP contribution in [0.15, 0.2) is 48.8 Å². The Morgan fingerprint density at radius 3 is 2.48 bits per heavy atom. The summed E-state index contributed by atoms with van der Waals surface area (Å²) in [5.74, 6) is -0.473. The first-order valence-electron chi connectivity index (χ1n) is 14.3. The van der Waals surface area contributed by atoms with E-state index in [2.05, 4.69) is 29.0 Å². The van der Waals surface area contributed by atoms with E-state index >= 15 is 0 Å². The van der Waals surface area contributed by atoms with E-state index in [4.69, 9.17) is 0 Å². The monoisotopic (exact) mass is 568 g/mol. The number of rotatable bonds is 8. The highest BCUT2D eigenvalue weighted by molar-refractivity contribution is 7.92. The van der Waals surface area contributed by atoms with Crippen LogP contribution in [-0.2, 0) is 14.6 Å². The molecular weight excluding hydrogens is 524 g/mol. The maximum absolute atomic E-state index is 13.8. The van der Waals surface area contributed by atoms with Gasteiger partial charge in [-0.15, -0.1) is 0 Å². The van der Waals surface area contributed by atoms with Crippen molar-refractivity contribution < 1.29 is 18.0 Å². The van der Waals surface area contributed by atoms with Crippen LogP contribution in [0.2, 0.25) is 0 Å². The highest BCUT2D eigenvalue weighted by Gasteiger charge is 2.54. The van der Waals surface area contributed by atoms with Crippen molar-refractivity contribution in [1.82, 2.24) is 20.1 Å². The van der Waals surface area contributed by atoms with E-state index in [-0.39, 0.29) is 29.7 Å². The third-order valence-corrected chi connectivity index (χ3v) is 11.6. The molecular formula is C31H44N4O4S. The summed E-state index contributed by atoms with van der Waals surface area (Å²) in [7, 11) is -1.47. The first-order valence-corrected chi connectivity index (χ1v) is 16.0. The number of hydrogen-bond donors (Lipinski definition) is 1. The van der Waals surface area contributed by atoms with Gasteiger partial charge in [0.25, 0.3) is 5.91 Å². The van der Waals surface area contributed by atoms with Crippen LogP contribution in [0.25, 0.3) is 11.1 Å². The van der Waals surface area contributed by atoms with Crippen LogP contribution >= 0.6 is 0 Å². The molecule has 2 amide bonds. The smallest absolute Gasteiger partial charge is 0.253 e. The number of amides is 2. The summed E-state index contributed by atoms with van der Waals surface area (Å²) < 4.78 is 26.3. The van der Waals surface area contributed by atoms with Gasteiger partial charge in [-0.25, -0.2) is 8.42 Å². The Bertz CT molecular complexity index is 1320. The van der Waals surface area contributed by atoms with Crippen molar-refractivity contribution in [2.45, 2.75) is 95.1 Å². The molecule has 40 heavy (non-hydrogen) atoms. The molecule has 0 spiro atoms. The number of aromatic nitrogens is 1. The molecule has 2 heterocycles. The summed E-state index contributed by atoms with van der Waals surface area (Å²) in [6, 6.07) is 10.7. The number of nitrogens with one attached hydrogen (secondary N) is 1. The first kappa shape index (κ1) is 30.2. The summed E-state index contributed by atoms with van der Waals surface area (Å²) >= 11 is 0. The minimum Gasteiger partial charge on any atom is -0.340 e. The van der Waals surface area contributed by atoms with E-state index in [1.54, 1.807) is 33.0 Å². The van der Waals surface area contributed by atoms with Crippen molar-refractivity contribution in [3.05, 3.63) is 54.4 Å². The number of likely N-dealkylation sites (N-methyl/N-ethyl adjacent to an activating group) is 1. The highest BCUT2D eigenvalue weighted by Crippen LogP contribution is 2.41. The number of likely N-dealkylation sites (tertiary alicyclic amines) is 1. The van der Waals surface area contributed by atoms with Crippen LogP contribution in [0, 0.1) is 0 Å². The molecule has 2 fully saturated rings. The van der Waals surface area contributed by atoms with E-state index in [9.17, 15) is 18.0 Å². The third-order valence-electron chi connectivity index (χ3n) is 8.84. The standard InChI is InChI=1S/C31H44N4O4S/c1-22(2)34(6)31(21-40(38,39)30(3,4)5)16-11-10-14-27(31)35-17-15-26(29(35)37)33-28(36)25-18-24(19-32-20-25)23-12-8-7-9-13-23/h7-9,12-13,18-20,22,26-27H,10-11,14-17,21H2,1-6H3,(H,33,36)/t26?,27-,31-/m0/s1. The summed E-state index contributed by atoms with van der Waals surface area (Å²) in [6.45, 7) is 9.87. The molecule has 1 aromatic carbocycles. The average molecular weight is 569 g/mol. The minimum atomic E-state index is -3.47. The van der Waals surface area contributed by atoms with Crippen LogP contribution in [0.1, 0.15) is 77.1 Å². The molecule has 1 aromatic heterocycles. The summed E-state index contributed by atoms with van der Waals surface area (Å²) in [5, 5.41) is 2.94. The Hall–Kier alpha value is -2.78. The van der Waals surface area contributed by atoms with Crippen LogP contribution in [0.5, 0.6) is 0 Å². The number of carbonyl (C=O) groups excluding carboxylic acids is 2. The lowest BCUT2D eigenvalue weighted by molar-refractivity contribution is -0.136. The molecule has 1 N–H and O–H groups in total. The zero-order chi connectivity index (χ0) is 29.3. The second kappa shape index (κ2) is 11.6. The molecule has 4 rings (SSSR count). The molecule has 218 valence electrons. The molecule has 1 aliphatic carbocycles. The molecule has 1 aliphatic heterocycles. The number of nitrogens with zero attached hydrogens (tertiary/aromatic N) is 3. The summed E-state index contributed by atoms with van der Waals surface area (Å²) in [4.78, 5) is 35.4. The predicted octanol–water partition coefficient (Wildman–Crippen LogP) is 4.31. The predicted molar refractivity (Wildman–Crippen MR) is 159 cm³/mol. The van der Waals surface area contributed by atoms with Crippen LogP contribution in [0.3, 0.4) is 0 Å². The zero-order valence-corrected chi connectivity index (χ0v) is 25.5. The van der Waals surface area contributed by atoms with Gasteiger partial charge in [-0.05, 0) is 72.6 Å². The number of carbonyl (C=O) groups is 2. The van der Waals surface area contributed by atoms with Gasteiger partial charge in [0, 0.05) is 30.5 Å². The van der Waals surface area contributed by atoms with Crippen molar-refractivity contribution in [3.63, 3.8) is 0 Å². The Labute approximate surface area is 239 Å². The summed E-state index contributed by atoms with van der Waals surface area (Å²) in [6.07, 6.45) is 7.02. The fraction of sp³-hybridized carbons (Fsp3) is 0.581. The van der Waals surface area contributed by atoms with Crippen LogP contribution < -0.4 is 5.32 Å². The largest absolute Gasteiger partial charge is 0.340 e. The van der Waals surface area contributed by atoms with Gasteiger partial charge in [0.05, 0.1) is 27.6 Å². The lowest BCUT2D eigenvalue weighted by atomic mass is 9.76. The maximum Gasteiger partial charge on any atom is 0.253 e. The van der Waals surface area contributed by atoms with Gasteiger partial charge >= 0.3 is 0 Å².